The molecule has 0 bridgehead atoms. The summed E-state index contributed by atoms with van der Waals surface area (Å²) in [7, 11) is 0. The number of likely N-dealkylation sites (tertiary alicyclic amines) is 1. The highest BCUT2D eigenvalue weighted by atomic mass is 16.4. The molecule has 0 saturated carbocycles. The summed E-state index contributed by atoms with van der Waals surface area (Å²) in [5.74, 6) is -4.87. The summed E-state index contributed by atoms with van der Waals surface area (Å²) in [5, 5.41) is 28.4. The van der Waals surface area contributed by atoms with Crippen molar-refractivity contribution in [2.24, 2.45) is 0 Å². The predicted octanol–water partition coefficient (Wildman–Crippen LogP) is -1.99. The number of aliphatic hydroxyl groups excluding tert-OH is 1. The van der Waals surface area contributed by atoms with Gasteiger partial charge in [-0.25, -0.2) is 9.59 Å². The van der Waals surface area contributed by atoms with E-state index in [9.17, 15) is 19.2 Å². The number of piperidine rings is 1. The third kappa shape index (κ3) is 3.92. The molecular formula is C11H16N2O7. The maximum absolute atomic E-state index is 11.8. The molecular weight excluding hydrogens is 272 g/mol. The second-order valence-corrected chi connectivity index (χ2v) is 4.41. The van der Waals surface area contributed by atoms with Crippen molar-refractivity contribution >= 4 is 23.8 Å². The lowest BCUT2D eigenvalue weighted by atomic mass is 10.0. The first-order chi connectivity index (χ1) is 9.34. The van der Waals surface area contributed by atoms with Crippen molar-refractivity contribution in [1.29, 1.82) is 0 Å². The van der Waals surface area contributed by atoms with Crippen LogP contribution in [0.4, 0.5) is 0 Å². The molecule has 1 saturated heterocycles. The Labute approximate surface area is 114 Å². The highest BCUT2D eigenvalue weighted by Gasteiger charge is 2.35. The molecule has 112 valence electrons. The van der Waals surface area contributed by atoms with Gasteiger partial charge in [0.2, 0.25) is 0 Å². The van der Waals surface area contributed by atoms with Gasteiger partial charge in [0.05, 0.1) is 6.54 Å². The van der Waals surface area contributed by atoms with Gasteiger partial charge in [-0.2, -0.15) is 0 Å². The van der Waals surface area contributed by atoms with Crippen LogP contribution in [0.5, 0.6) is 0 Å². The number of hydrogen-bond donors (Lipinski definition) is 4. The van der Waals surface area contributed by atoms with Gasteiger partial charge in [0, 0.05) is 6.54 Å². The van der Waals surface area contributed by atoms with E-state index in [4.69, 9.17) is 15.3 Å². The van der Waals surface area contributed by atoms with Crippen LogP contribution in [0.2, 0.25) is 0 Å². The first-order valence-corrected chi connectivity index (χ1v) is 6.07. The fourth-order valence-corrected chi connectivity index (χ4v) is 1.91. The summed E-state index contributed by atoms with van der Waals surface area (Å²) in [6.07, 6.45) is -0.296. The van der Waals surface area contributed by atoms with Gasteiger partial charge < -0.3 is 25.5 Å². The Bertz CT molecular complexity index is 423. The summed E-state index contributed by atoms with van der Waals surface area (Å²) in [4.78, 5) is 45.7. The number of hydrogen-bond acceptors (Lipinski definition) is 5. The molecule has 1 heterocycles. The minimum absolute atomic E-state index is 0.157. The van der Waals surface area contributed by atoms with Gasteiger partial charge in [-0.05, 0) is 19.3 Å². The molecule has 1 aliphatic rings. The number of carbonyl (C=O) groups is 4. The second kappa shape index (κ2) is 6.85. The fraction of sp³-hybridized carbons (Fsp3) is 0.636. The van der Waals surface area contributed by atoms with Gasteiger partial charge >= 0.3 is 23.8 Å². The molecule has 0 aromatic carbocycles. The van der Waals surface area contributed by atoms with E-state index in [1.165, 1.54) is 0 Å². The van der Waals surface area contributed by atoms with Crippen molar-refractivity contribution in [2.75, 3.05) is 13.1 Å². The van der Waals surface area contributed by atoms with Gasteiger partial charge in [0.1, 0.15) is 6.04 Å². The van der Waals surface area contributed by atoms with Crippen LogP contribution in [0.1, 0.15) is 19.3 Å². The van der Waals surface area contributed by atoms with Gasteiger partial charge in [0.15, 0.2) is 6.10 Å². The maximum atomic E-state index is 11.8. The van der Waals surface area contributed by atoms with Gasteiger partial charge in [0.25, 0.3) is 0 Å². The monoisotopic (exact) mass is 288 g/mol. The molecule has 0 unspecified atom stereocenters. The van der Waals surface area contributed by atoms with Crippen molar-refractivity contribution in [3.05, 3.63) is 0 Å². The standard InChI is InChI=1S/C11H16N2O7/c14-7(11(19)20)5-12-8(15)9(16)13-4-2-1-3-6(13)10(17)18/h6-7,14H,1-5H2,(H,12,15)(H,17,18)(H,19,20)/t6-,7+/m1/s1. The number of carboxylic acid groups (broad SMARTS) is 2. The largest absolute Gasteiger partial charge is 0.480 e. The Morgan fingerprint density at radius 1 is 1.20 bits per heavy atom. The van der Waals surface area contributed by atoms with E-state index in [1.54, 1.807) is 0 Å². The molecule has 1 fully saturated rings. The third-order valence-electron chi connectivity index (χ3n) is 2.98. The number of aliphatic hydroxyl groups is 1. The summed E-state index contributed by atoms with van der Waals surface area (Å²) in [6, 6.07) is -1.05. The Balaban J connectivity index is 2.60. The van der Waals surface area contributed by atoms with Crippen molar-refractivity contribution < 1.29 is 34.5 Å². The van der Waals surface area contributed by atoms with Gasteiger partial charge in [-0.15, -0.1) is 0 Å². The number of nitrogens with zero attached hydrogens (tertiary/aromatic N) is 1. The average Bonchev–Trinajstić information content (AvgIpc) is 2.43. The highest BCUT2D eigenvalue weighted by Crippen LogP contribution is 2.17. The van der Waals surface area contributed by atoms with E-state index in [0.717, 1.165) is 4.90 Å². The molecule has 9 nitrogen and oxygen atoms in total. The Hall–Kier alpha value is -2.16. The average molecular weight is 288 g/mol. The molecule has 0 aromatic rings. The topological polar surface area (TPSA) is 144 Å². The number of carboxylic acids is 2. The molecule has 0 aliphatic carbocycles. The van der Waals surface area contributed by atoms with Crippen LogP contribution in [0.25, 0.3) is 0 Å². The molecule has 2 atom stereocenters. The molecule has 1 rings (SSSR count). The Morgan fingerprint density at radius 3 is 2.40 bits per heavy atom. The predicted molar refractivity (Wildman–Crippen MR) is 63.6 cm³/mol. The zero-order valence-electron chi connectivity index (χ0n) is 10.6. The van der Waals surface area contributed by atoms with Crippen LogP contribution < -0.4 is 5.32 Å². The third-order valence-corrected chi connectivity index (χ3v) is 2.98. The van der Waals surface area contributed by atoms with Gasteiger partial charge in [-0.3, -0.25) is 9.59 Å². The van der Waals surface area contributed by atoms with Crippen LogP contribution in [0.15, 0.2) is 0 Å². The molecule has 2 amide bonds. The highest BCUT2D eigenvalue weighted by molar-refractivity contribution is 6.35. The van der Waals surface area contributed by atoms with Crippen LogP contribution in [0, 0.1) is 0 Å². The lowest BCUT2D eigenvalue weighted by molar-refractivity contribution is -0.156. The van der Waals surface area contributed by atoms with E-state index in [0.29, 0.717) is 12.8 Å². The minimum Gasteiger partial charge on any atom is -0.480 e. The van der Waals surface area contributed by atoms with Crippen molar-refractivity contribution in [2.45, 2.75) is 31.4 Å². The fourth-order valence-electron chi connectivity index (χ4n) is 1.91. The molecule has 0 radical (unpaired) electrons. The van der Waals surface area contributed by atoms with Crippen molar-refractivity contribution in [3.63, 3.8) is 0 Å². The van der Waals surface area contributed by atoms with Crippen LogP contribution in [0.3, 0.4) is 0 Å². The first kappa shape index (κ1) is 15.9. The van der Waals surface area contributed by atoms with Crippen LogP contribution >= 0.6 is 0 Å². The molecule has 4 N–H and O–H groups in total. The van der Waals surface area contributed by atoms with E-state index in [-0.39, 0.29) is 13.0 Å². The SMILES string of the molecule is O=C(NC[C@H](O)C(=O)O)C(=O)N1CCCC[C@@H]1C(=O)O. The number of aliphatic carboxylic acids is 2. The van der Waals surface area contributed by atoms with E-state index in [2.05, 4.69) is 0 Å². The summed E-state index contributed by atoms with van der Waals surface area (Å²) < 4.78 is 0. The molecule has 0 aromatic heterocycles. The van der Waals surface area contributed by atoms with Crippen molar-refractivity contribution in [3.8, 4) is 0 Å². The summed E-state index contributed by atoms with van der Waals surface area (Å²) in [6.45, 7) is -0.462. The number of carbonyl (C=O) groups excluding carboxylic acids is 2. The van der Waals surface area contributed by atoms with Crippen LogP contribution in [-0.2, 0) is 19.2 Å². The lowest BCUT2D eigenvalue weighted by Gasteiger charge is -2.32. The molecule has 1 aliphatic heterocycles. The maximum Gasteiger partial charge on any atom is 0.334 e. The minimum atomic E-state index is -1.82. The Morgan fingerprint density at radius 2 is 1.85 bits per heavy atom. The van der Waals surface area contributed by atoms with Gasteiger partial charge in [-0.1, -0.05) is 0 Å². The molecule has 20 heavy (non-hydrogen) atoms. The van der Waals surface area contributed by atoms with E-state index >= 15 is 0 Å². The summed E-state index contributed by atoms with van der Waals surface area (Å²) >= 11 is 0. The van der Waals surface area contributed by atoms with E-state index in [1.807, 2.05) is 5.32 Å². The molecule has 0 spiro atoms. The number of nitrogens with one attached hydrogen (secondary N) is 1. The Kier molecular flexibility index (Phi) is 5.44. The number of rotatable bonds is 4. The summed E-state index contributed by atoms with van der Waals surface area (Å²) in [5.41, 5.74) is 0. The quantitative estimate of drug-likeness (QED) is 0.438. The smallest absolute Gasteiger partial charge is 0.334 e. The second-order valence-electron chi connectivity index (χ2n) is 4.41. The lowest BCUT2D eigenvalue weighted by Crippen LogP contribution is -2.53. The first-order valence-electron chi connectivity index (χ1n) is 6.07. The zero-order chi connectivity index (χ0) is 15.3. The number of amides is 2. The molecule has 9 heteroatoms. The van der Waals surface area contributed by atoms with Crippen LogP contribution in [-0.4, -0.2) is 69.2 Å². The zero-order valence-corrected chi connectivity index (χ0v) is 10.6. The van der Waals surface area contributed by atoms with Crippen molar-refractivity contribution in [1.82, 2.24) is 10.2 Å². The van der Waals surface area contributed by atoms with E-state index < -0.39 is 42.4 Å². The normalized spacial score (nSPS) is 20.1.